The highest BCUT2D eigenvalue weighted by atomic mass is 16.5. The average Bonchev–Trinajstić information content (AvgIpc) is 3.56. The van der Waals surface area contributed by atoms with Crippen molar-refractivity contribution in [3.8, 4) is 22.7 Å². The first-order valence-corrected chi connectivity index (χ1v) is 11.0. The van der Waals surface area contributed by atoms with Crippen LogP contribution in [-0.4, -0.2) is 40.4 Å². The molecule has 1 aliphatic heterocycles. The van der Waals surface area contributed by atoms with Crippen LogP contribution in [0, 0.1) is 6.92 Å². The summed E-state index contributed by atoms with van der Waals surface area (Å²) in [4.78, 5) is 4.68. The van der Waals surface area contributed by atoms with Gasteiger partial charge >= 0.3 is 0 Å². The molecule has 1 saturated heterocycles. The number of benzene rings is 2. The molecule has 0 spiro atoms. The van der Waals surface area contributed by atoms with Crippen molar-refractivity contribution >= 4 is 5.69 Å². The lowest BCUT2D eigenvalue weighted by Gasteiger charge is -2.23. The minimum absolute atomic E-state index is 0.434. The molecule has 7 nitrogen and oxygen atoms in total. The van der Waals surface area contributed by atoms with Crippen LogP contribution in [0.2, 0.25) is 0 Å². The van der Waals surface area contributed by atoms with Crippen LogP contribution >= 0.6 is 0 Å². The molecule has 0 aliphatic carbocycles. The molecule has 1 fully saturated rings. The Labute approximate surface area is 187 Å². The smallest absolute Gasteiger partial charge is 0.253 e. The number of hydrogen-bond donors (Lipinski definition) is 0. The van der Waals surface area contributed by atoms with E-state index in [2.05, 4.69) is 56.5 Å². The van der Waals surface area contributed by atoms with Crippen molar-refractivity contribution in [3.63, 3.8) is 0 Å². The molecule has 2 aromatic heterocycles. The zero-order valence-electron chi connectivity index (χ0n) is 18.5. The number of hydrogen-bond acceptors (Lipinski definition) is 7. The predicted molar refractivity (Wildman–Crippen MR) is 123 cm³/mol. The Bertz CT molecular complexity index is 1180. The van der Waals surface area contributed by atoms with E-state index < -0.39 is 0 Å². The maximum absolute atomic E-state index is 6.04. The molecular formula is C25H27N5O2. The van der Waals surface area contributed by atoms with Crippen molar-refractivity contribution < 1.29 is 8.94 Å². The summed E-state index contributed by atoms with van der Waals surface area (Å²) in [5, 5.41) is 12.8. The van der Waals surface area contributed by atoms with Gasteiger partial charge in [0.25, 0.3) is 5.89 Å². The summed E-state index contributed by atoms with van der Waals surface area (Å²) < 4.78 is 11.5. The minimum Gasteiger partial charge on any atom is -0.419 e. The quantitative estimate of drug-likeness (QED) is 0.412. The van der Waals surface area contributed by atoms with Gasteiger partial charge in [-0.1, -0.05) is 53.7 Å². The maximum Gasteiger partial charge on any atom is 0.253 e. The van der Waals surface area contributed by atoms with E-state index in [4.69, 9.17) is 8.94 Å². The van der Waals surface area contributed by atoms with E-state index in [0.29, 0.717) is 29.8 Å². The molecule has 0 unspecified atom stereocenters. The first-order valence-electron chi connectivity index (χ1n) is 11.0. The van der Waals surface area contributed by atoms with Gasteiger partial charge in [-0.2, -0.15) is 0 Å². The number of aromatic nitrogens is 3. The van der Waals surface area contributed by atoms with Gasteiger partial charge in [-0.15, -0.1) is 10.2 Å². The number of nitrogens with zero attached hydrogens (tertiary/aromatic N) is 5. The fraction of sp³-hybridized carbons (Fsp3) is 0.320. The largest absolute Gasteiger partial charge is 0.419 e. The molecule has 5 rings (SSSR count). The van der Waals surface area contributed by atoms with Crippen LogP contribution in [0.15, 0.2) is 63.5 Å². The molecule has 0 radical (unpaired) electrons. The SMILES string of the molecule is Cc1onc(-c2ccccc2)c1-c1nnc(CN(C)Cc2ccccc2N2CCCC2)o1. The highest BCUT2D eigenvalue weighted by Crippen LogP contribution is 2.33. The van der Waals surface area contributed by atoms with E-state index in [-0.39, 0.29) is 0 Å². The lowest BCUT2D eigenvalue weighted by Crippen LogP contribution is -2.23. The third kappa shape index (κ3) is 4.16. The number of rotatable bonds is 7. The lowest BCUT2D eigenvalue weighted by molar-refractivity contribution is 0.283. The van der Waals surface area contributed by atoms with E-state index in [1.807, 2.05) is 37.3 Å². The summed E-state index contributed by atoms with van der Waals surface area (Å²) in [5.74, 6) is 1.66. The predicted octanol–water partition coefficient (Wildman–Crippen LogP) is 4.93. The Balaban J connectivity index is 1.32. The summed E-state index contributed by atoms with van der Waals surface area (Å²) in [5.41, 5.74) is 5.06. The van der Waals surface area contributed by atoms with E-state index in [1.165, 1.54) is 24.1 Å². The minimum atomic E-state index is 0.434. The van der Waals surface area contributed by atoms with Crippen molar-refractivity contribution in [2.75, 3.05) is 25.0 Å². The zero-order chi connectivity index (χ0) is 21.9. The molecule has 164 valence electrons. The molecule has 2 aromatic carbocycles. The van der Waals surface area contributed by atoms with Crippen LogP contribution in [0.25, 0.3) is 22.7 Å². The summed E-state index contributed by atoms with van der Waals surface area (Å²) in [6.45, 7) is 5.50. The first-order chi connectivity index (χ1) is 15.7. The third-order valence-electron chi connectivity index (χ3n) is 5.87. The Morgan fingerprint density at radius 3 is 2.50 bits per heavy atom. The van der Waals surface area contributed by atoms with Gasteiger partial charge in [0.05, 0.1) is 6.54 Å². The molecule has 0 saturated carbocycles. The topological polar surface area (TPSA) is 71.4 Å². The van der Waals surface area contributed by atoms with Crippen LogP contribution in [0.5, 0.6) is 0 Å². The van der Waals surface area contributed by atoms with E-state index in [1.54, 1.807) is 0 Å². The lowest BCUT2D eigenvalue weighted by atomic mass is 10.1. The van der Waals surface area contributed by atoms with Crippen molar-refractivity contribution in [2.45, 2.75) is 32.9 Å². The molecule has 3 heterocycles. The summed E-state index contributed by atoms with van der Waals surface area (Å²) in [6, 6.07) is 18.5. The van der Waals surface area contributed by atoms with Gasteiger partial charge in [0.2, 0.25) is 5.89 Å². The van der Waals surface area contributed by atoms with E-state index >= 15 is 0 Å². The van der Waals surface area contributed by atoms with E-state index in [9.17, 15) is 0 Å². The first kappa shape index (κ1) is 20.5. The number of anilines is 1. The molecule has 0 amide bonds. The molecule has 0 bridgehead atoms. The Hall–Kier alpha value is -3.45. The Morgan fingerprint density at radius 1 is 0.938 bits per heavy atom. The Kier molecular flexibility index (Phi) is 5.73. The van der Waals surface area contributed by atoms with Gasteiger partial charge in [0.15, 0.2) is 0 Å². The fourth-order valence-electron chi connectivity index (χ4n) is 4.32. The fourth-order valence-corrected chi connectivity index (χ4v) is 4.32. The number of aryl methyl sites for hydroxylation is 1. The average molecular weight is 430 g/mol. The second kappa shape index (κ2) is 8.96. The van der Waals surface area contributed by atoms with Gasteiger partial charge < -0.3 is 13.8 Å². The molecular weight excluding hydrogens is 402 g/mol. The van der Waals surface area contributed by atoms with Crippen molar-refractivity contribution in [1.29, 1.82) is 0 Å². The summed E-state index contributed by atoms with van der Waals surface area (Å²) in [6.07, 6.45) is 2.53. The van der Waals surface area contributed by atoms with Gasteiger partial charge in [-0.05, 0) is 38.4 Å². The zero-order valence-corrected chi connectivity index (χ0v) is 18.5. The molecule has 0 atom stereocenters. The second-order valence-corrected chi connectivity index (χ2v) is 8.32. The number of para-hydroxylation sites is 1. The van der Waals surface area contributed by atoms with E-state index in [0.717, 1.165) is 30.8 Å². The monoisotopic (exact) mass is 429 g/mol. The summed E-state index contributed by atoms with van der Waals surface area (Å²) >= 11 is 0. The standard InChI is InChI=1S/C25H27N5O2/c1-18-23(24(28-32-18)19-10-4-3-5-11-19)25-27-26-22(31-25)17-29(2)16-20-12-6-7-13-21(20)30-14-8-9-15-30/h3-7,10-13H,8-9,14-17H2,1-2H3. The van der Waals surface area contributed by atoms with Crippen LogP contribution in [-0.2, 0) is 13.1 Å². The van der Waals surface area contributed by atoms with Crippen LogP contribution < -0.4 is 4.90 Å². The second-order valence-electron chi connectivity index (χ2n) is 8.32. The van der Waals surface area contributed by atoms with Gasteiger partial charge in [0.1, 0.15) is 17.0 Å². The summed E-state index contributed by atoms with van der Waals surface area (Å²) in [7, 11) is 2.07. The molecule has 7 heteroatoms. The van der Waals surface area contributed by atoms with Gasteiger partial charge in [-0.25, -0.2) is 0 Å². The van der Waals surface area contributed by atoms with Crippen LogP contribution in [0.3, 0.4) is 0 Å². The van der Waals surface area contributed by atoms with Crippen molar-refractivity contribution in [2.24, 2.45) is 0 Å². The third-order valence-corrected chi connectivity index (χ3v) is 5.87. The molecule has 4 aromatic rings. The van der Waals surface area contributed by atoms with Gasteiger partial charge in [0, 0.05) is 30.9 Å². The van der Waals surface area contributed by atoms with Crippen LogP contribution in [0.1, 0.15) is 30.1 Å². The highest BCUT2D eigenvalue weighted by Gasteiger charge is 2.22. The molecule has 0 N–H and O–H groups in total. The molecule has 32 heavy (non-hydrogen) atoms. The normalized spacial score (nSPS) is 13.9. The Morgan fingerprint density at radius 2 is 1.69 bits per heavy atom. The van der Waals surface area contributed by atoms with Crippen molar-refractivity contribution in [1.82, 2.24) is 20.3 Å². The van der Waals surface area contributed by atoms with Gasteiger partial charge in [-0.3, -0.25) is 4.90 Å². The highest BCUT2D eigenvalue weighted by molar-refractivity contribution is 5.77. The maximum atomic E-state index is 6.04. The van der Waals surface area contributed by atoms with Crippen molar-refractivity contribution in [3.05, 3.63) is 71.8 Å². The van der Waals surface area contributed by atoms with Crippen LogP contribution in [0.4, 0.5) is 5.69 Å². The molecule has 1 aliphatic rings.